The molecule has 112 valence electrons. The van der Waals surface area contributed by atoms with Gasteiger partial charge in [0.25, 0.3) is 0 Å². The van der Waals surface area contributed by atoms with Gasteiger partial charge < -0.3 is 5.32 Å². The maximum atomic E-state index is 14.1. The average Bonchev–Trinajstić information content (AvgIpc) is 2.84. The summed E-state index contributed by atoms with van der Waals surface area (Å²) in [5, 5.41) is 12.5. The van der Waals surface area contributed by atoms with Crippen LogP contribution in [0.25, 0.3) is 0 Å². The van der Waals surface area contributed by atoms with E-state index in [2.05, 4.69) is 17.1 Å². The summed E-state index contributed by atoms with van der Waals surface area (Å²) >= 11 is 0. The topological polar surface area (TPSA) is 39.1 Å². The Morgan fingerprint density at radius 1 is 1.33 bits per heavy atom. The third kappa shape index (κ3) is 3.09. The van der Waals surface area contributed by atoms with E-state index in [4.69, 9.17) is 5.26 Å². The summed E-state index contributed by atoms with van der Waals surface area (Å²) < 4.78 is 14.1. The van der Waals surface area contributed by atoms with Gasteiger partial charge in [-0.05, 0) is 44.4 Å². The first kappa shape index (κ1) is 14.5. The lowest BCUT2D eigenvalue weighted by Crippen LogP contribution is -2.48. The molecule has 3 nitrogen and oxygen atoms in total. The fraction of sp³-hybridized carbons (Fsp3) is 0.588. The zero-order chi connectivity index (χ0) is 14.8. The zero-order valence-corrected chi connectivity index (χ0v) is 12.5. The van der Waals surface area contributed by atoms with Crippen molar-refractivity contribution >= 4 is 0 Å². The highest BCUT2D eigenvalue weighted by atomic mass is 19.1. The third-order valence-corrected chi connectivity index (χ3v) is 4.93. The lowest BCUT2D eigenvalue weighted by molar-refractivity contribution is 0.139. The maximum Gasteiger partial charge on any atom is 0.129 e. The first-order valence-corrected chi connectivity index (χ1v) is 7.88. The quantitative estimate of drug-likeness (QED) is 0.925. The molecule has 0 saturated carbocycles. The van der Waals surface area contributed by atoms with E-state index in [1.54, 1.807) is 12.1 Å². The lowest BCUT2D eigenvalue weighted by atomic mass is 9.97. The Hall–Kier alpha value is -1.44. The Morgan fingerprint density at radius 2 is 2.05 bits per heavy atom. The molecule has 2 saturated heterocycles. The van der Waals surface area contributed by atoms with Gasteiger partial charge in [0.2, 0.25) is 0 Å². The van der Waals surface area contributed by atoms with Gasteiger partial charge in [0.15, 0.2) is 0 Å². The smallest absolute Gasteiger partial charge is 0.129 e. The predicted octanol–water partition coefficient (Wildman–Crippen LogP) is 2.80. The molecular formula is C17H22FN3. The second-order valence-corrected chi connectivity index (χ2v) is 6.24. The predicted molar refractivity (Wildman–Crippen MR) is 80.2 cm³/mol. The van der Waals surface area contributed by atoms with Crippen LogP contribution in [0.1, 0.15) is 43.7 Å². The Kier molecular flexibility index (Phi) is 4.23. The molecule has 2 heterocycles. The third-order valence-electron chi connectivity index (χ3n) is 4.93. The van der Waals surface area contributed by atoms with Gasteiger partial charge in [-0.3, -0.25) is 4.90 Å². The van der Waals surface area contributed by atoms with Crippen LogP contribution in [0.4, 0.5) is 4.39 Å². The SMILES string of the molecule is CCN(Cc1ccc(C#N)cc1F)C1CC2CCC(C1)N2. The molecule has 0 aromatic heterocycles. The van der Waals surface area contributed by atoms with Crippen LogP contribution >= 0.6 is 0 Å². The molecule has 3 rings (SSSR count). The van der Waals surface area contributed by atoms with E-state index in [0.717, 1.165) is 6.54 Å². The Bertz CT molecular complexity index is 539. The number of nitriles is 1. The minimum absolute atomic E-state index is 0.260. The highest BCUT2D eigenvalue weighted by Crippen LogP contribution is 2.30. The minimum Gasteiger partial charge on any atom is -0.311 e. The lowest BCUT2D eigenvalue weighted by Gasteiger charge is -2.37. The van der Waals surface area contributed by atoms with E-state index < -0.39 is 0 Å². The van der Waals surface area contributed by atoms with Crippen LogP contribution in [-0.4, -0.2) is 29.6 Å². The van der Waals surface area contributed by atoms with Crippen molar-refractivity contribution in [1.82, 2.24) is 10.2 Å². The van der Waals surface area contributed by atoms with Crippen molar-refractivity contribution in [3.05, 3.63) is 35.1 Å². The monoisotopic (exact) mass is 287 g/mol. The molecule has 2 fully saturated rings. The Labute approximate surface area is 125 Å². The van der Waals surface area contributed by atoms with Crippen LogP contribution in [0.15, 0.2) is 18.2 Å². The van der Waals surface area contributed by atoms with Crippen LogP contribution < -0.4 is 5.32 Å². The van der Waals surface area contributed by atoms with E-state index in [-0.39, 0.29) is 5.82 Å². The van der Waals surface area contributed by atoms with Crippen molar-refractivity contribution in [2.24, 2.45) is 0 Å². The first-order valence-electron chi connectivity index (χ1n) is 7.88. The summed E-state index contributed by atoms with van der Waals surface area (Å²) in [5.41, 5.74) is 1.08. The van der Waals surface area contributed by atoms with Crippen LogP contribution in [0.2, 0.25) is 0 Å². The summed E-state index contributed by atoms with van der Waals surface area (Å²) in [6.07, 6.45) is 4.90. The van der Waals surface area contributed by atoms with Crippen molar-refractivity contribution in [3.8, 4) is 6.07 Å². The van der Waals surface area contributed by atoms with Crippen molar-refractivity contribution in [2.75, 3.05) is 6.54 Å². The molecule has 4 heteroatoms. The Balaban J connectivity index is 1.71. The van der Waals surface area contributed by atoms with Crippen LogP contribution in [0.5, 0.6) is 0 Å². The highest BCUT2D eigenvalue weighted by Gasteiger charge is 2.35. The van der Waals surface area contributed by atoms with Crippen LogP contribution in [-0.2, 0) is 6.54 Å². The minimum atomic E-state index is -0.260. The van der Waals surface area contributed by atoms with Gasteiger partial charge in [-0.25, -0.2) is 4.39 Å². The number of halogens is 1. The molecule has 2 aliphatic heterocycles. The van der Waals surface area contributed by atoms with E-state index >= 15 is 0 Å². The first-order chi connectivity index (χ1) is 10.2. The zero-order valence-electron chi connectivity index (χ0n) is 12.5. The van der Waals surface area contributed by atoms with Crippen molar-refractivity contribution in [1.29, 1.82) is 5.26 Å². The maximum absolute atomic E-state index is 14.1. The molecule has 1 N–H and O–H groups in total. The summed E-state index contributed by atoms with van der Waals surface area (Å²) in [5.74, 6) is -0.260. The average molecular weight is 287 g/mol. The highest BCUT2D eigenvalue weighted by molar-refractivity contribution is 5.32. The van der Waals surface area contributed by atoms with Gasteiger partial charge in [0, 0.05) is 30.2 Å². The number of hydrogen-bond donors (Lipinski definition) is 1. The van der Waals surface area contributed by atoms with E-state index in [0.29, 0.717) is 35.8 Å². The van der Waals surface area contributed by atoms with Crippen molar-refractivity contribution in [3.63, 3.8) is 0 Å². The van der Waals surface area contributed by atoms with E-state index in [9.17, 15) is 4.39 Å². The van der Waals surface area contributed by atoms with Crippen molar-refractivity contribution < 1.29 is 4.39 Å². The van der Waals surface area contributed by atoms with Gasteiger partial charge in [0.05, 0.1) is 11.6 Å². The molecule has 1 aromatic carbocycles. The second kappa shape index (κ2) is 6.13. The van der Waals surface area contributed by atoms with Gasteiger partial charge in [-0.15, -0.1) is 0 Å². The Morgan fingerprint density at radius 3 is 2.62 bits per heavy atom. The summed E-state index contributed by atoms with van der Waals surface area (Å²) in [4.78, 5) is 2.39. The summed E-state index contributed by atoms with van der Waals surface area (Å²) in [6.45, 7) is 3.72. The van der Waals surface area contributed by atoms with Gasteiger partial charge in [-0.2, -0.15) is 5.26 Å². The fourth-order valence-corrected chi connectivity index (χ4v) is 3.79. The largest absolute Gasteiger partial charge is 0.311 e. The van der Waals surface area contributed by atoms with Crippen LogP contribution in [0.3, 0.4) is 0 Å². The molecule has 1 aromatic rings. The number of piperidine rings is 1. The summed E-state index contributed by atoms with van der Waals surface area (Å²) in [7, 11) is 0. The fourth-order valence-electron chi connectivity index (χ4n) is 3.79. The summed E-state index contributed by atoms with van der Waals surface area (Å²) in [6, 6.07) is 8.63. The van der Waals surface area contributed by atoms with Gasteiger partial charge in [0.1, 0.15) is 5.82 Å². The number of nitrogens with one attached hydrogen (secondary N) is 1. The van der Waals surface area contributed by atoms with E-state index in [1.165, 1.54) is 31.7 Å². The molecule has 2 unspecified atom stereocenters. The van der Waals surface area contributed by atoms with Crippen molar-refractivity contribution in [2.45, 2.75) is 57.3 Å². The number of rotatable bonds is 4. The van der Waals surface area contributed by atoms with Crippen LogP contribution in [0, 0.1) is 17.1 Å². The molecule has 0 spiro atoms. The van der Waals surface area contributed by atoms with Gasteiger partial charge in [-0.1, -0.05) is 13.0 Å². The number of nitrogens with zero attached hydrogens (tertiary/aromatic N) is 2. The molecule has 2 atom stereocenters. The number of benzene rings is 1. The number of fused-ring (bicyclic) bond motifs is 2. The number of hydrogen-bond acceptors (Lipinski definition) is 3. The van der Waals surface area contributed by atoms with E-state index in [1.807, 2.05) is 6.07 Å². The molecule has 21 heavy (non-hydrogen) atoms. The second-order valence-electron chi connectivity index (χ2n) is 6.24. The molecule has 0 aliphatic carbocycles. The standard InChI is InChI=1S/C17H22FN3/c1-2-21(16-8-14-5-6-15(9-16)20-14)11-13-4-3-12(10-19)7-17(13)18/h3-4,7,14-16,20H,2,5-6,8-9,11H2,1H3. The van der Waals surface area contributed by atoms with Gasteiger partial charge >= 0.3 is 0 Å². The molecule has 2 aliphatic rings. The molecule has 2 bridgehead atoms. The molecular weight excluding hydrogens is 265 g/mol. The normalized spacial score (nSPS) is 27.8. The molecule has 0 amide bonds. The molecule has 0 radical (unpaired) electrons.